The summed E-state index contributed by atoms with van der Waals surface area (Å²) in [5.41, 5.74) is 1.69. The van der Waals surface area contributed by atoms with Gasteiger partial charge in [0, 0.05) is 5.92 Å². The van der Waals surface area contributed by atoms with Crippen molar-refractivity contribution in [3.8, 4) is 0 Å². The van der Waals surface area contributed by atoms with Crippen LogP contribution < -0.4 is 5.32 Å². The summed E-state index contributed by atoms with van der Waals surface area (Å²) in [5.74, 6) is -2.07. The molecule has 136 valence electrons. The molecule has 3 atom stereocenters. The van der Waals surface area contributed by atoms with Crippen LogP contribution in [0.15, 0.2) is 54.6 Å². The molecule has 2 aromatic rings. The van der Waals surface area contributed by atoms with E-state index in [0.29, 0.717) is 19.3 Å². The molecule has 2 N–H and O–H groups in total. The molecule has 1 saturated carbocycles. The molecule has 1 fully saturated rings. The van der Waals surface area contributed by atoms with Crippen molar-refractivity contribution >= 4 is 11.9 Å². The van der Waals surface area contributed by atoms with Gasteiger partial charge in [-0.05, 0) is 42.5 Å². The average Bonchev–Trinajstić information content (AvgIpc) is 2.67. The molecule has 4 nitrogen and oxygen atoms in total. The van der Waals surface area contributed by atoms with Crippen LogP contribution in [-0.4, -0.2) is 17.0 Å². The van der Waals surface area contributed by atoms with E-state index in [9.17, 15) is 19.1 Å². The van der Waals surface area contributed by atoms with E-state index < -0.39 is 17.9 Å². The van der Waals surface area contributed by atoms with Crippen LogP contribution in [0.1, 0.15) is 42.9 Å². The summed E-state index contributed by atoms with van der Waals surface area (Å²) in [6.45, 7) is 0. The highest BCUT2D eigenvalue weighted by molar-refractivity contribution is 5.81. The first-order chi connectivity index (χ1) is 12.5. The molecular formula is C21H22FNO3. The number of halogens is 1. The number of amides is 1. The van der Waals surface area contributed by atoms with Crippen LogP contribution in [-0.2, 0) is 9.59 Å². The highest BCUT2D eigenvalue weighted by Crippen LogP contribution is 2.31. The minimum Gasteiger partial charge on any atom is -0.481 e. The SMILES string of the molecule is O=C(O)C1CCCC(C(=O)NC(c2ccccc2)c2ccc(F)cc2)C1. The number of carboxylic acids is 1. The lowest BCUT2D eigenvalue weighted by Gasteiger charge is -2.28. The van der Waals surface area contributed by atoms with Crippen LogP contribution >= 0.6 is 0 Å². The zero-order chi connectivity index (χ0) is 18.5. The molecule has 3 unspecified atom stereocenters. The predicted octanol–water partition coefficient (Wildman–Crippen LogP) is 3.92. The largest absolute Gasteiger partial charge is 0.481 e. The van der Waals surface area contributed by atoms with Crippen molar-refractivity contribution in [3.63, 3.8) is 0 Å². The molecule has 0 aliphatic heterocycles. The molecule has 2 aromatic carbocycles. The Labute approximate surface area is 152 Å². The summed E-state index contributed by atoms with van der Waals surface area (Å²) in [7, 11) is 0. The number of aliphatic carboxylic acids is 1. The molecule has 1 amide bonds. The van der Waals surface area contributed by atoms with Crippen LogP contribution in [0.4, 0.5) is 4.39 Å². The van der Waals surface area contributed by atoms with Crippen molar-refractivity contribution in [2.75, 3.05) is 0 Å². The maximum absolute atomic E-state index is 13.3. The molecule has 0 radical (unpaired) electrons. The lowest BCUT2D eigenvalue weighted by atomic mass is 9.80. The first kappa shape index (κ1) is 18.1. The summed E-state index contributed by atoms with van der Waals surface area (Å²) in [4.78, 5) is 24.1. The average molecular weight is 355 g/mol. The number of rotatable bonds is 5. The quantitative estimate of drug-likeness (QED) is 0.854. The van der Waals surface area contributed by atoms with Gasteiger partial charge in [0.15, 0.2) is 0 Å². The topological polar surface area (TPSA) is 66.4 Å². The Hall–Kier alpha value is -2.69. The molecular weight excluding hydrogens is 333 g/mol. The van der Waals surface area contributed by atoms with Crippen LogP contribution in [0.3, 0.4) is 0 Å². The van der Waals surface area contributed by atoms with Crippen molar-refractivity contribution < 1.29 is 19.1 Å². The van der Waals surface area contributed by atoms with Gasteiger partial charge in [-0.15, -0.1) is 0 Å². The Morgan fingerprint density at radius 2 is 1.58 bits per heavy atom. The van der Waals surface area contributed by atoms with Crippen molar-refractivity contribution in [3.05, 3.63) is 71.5 Å². The third kappa shape index (κ3) is 4.28. The maximum atomic E-state index is 13.3. The van der Waals surface area contributed by atoms with E-state index in [1.165, 1.54) is 12.1 Å². The zero-order valence-corrected chi connectivity index (χ0v) is 14.4. The summed E-state index contributed by atoms with van der Waals surface area (Å²) >= 11 is 0. The molecule has 0 bridgehead atoms. The number of hydrogen-bond donors (Lipinski definition) is 2. The maximum Gasteiger partial charge on any atom is 0.306 e. The van der Waals surface area contributed by atoms with E-state index >= 15 is 0 Å². The second-order valence-electron chi connectivity index (χ2n) is 6.80. The van der Waals surface area contributed by atoms with Crippen molar-refractivity contribution in [2.45, 2.75) is 31.7 Å². The highest BCUT2D eigenvalue weighted by Gasteiger charge is 2.32. The third-order valence-corrected chi connectivity index (χ3v) is 5.02. The van der Waals surface area contributed by atoms with Crippen molar-refractivity contribution in [1.29, 1.82) is 0 Å². The number of carbonyl (C=O) groups excluding carboxylic acids is 1. The predicted molar refractivity (Wildman–Crippen MR) is 95.9 cm³/mol. The Morgan fingerprint density at radius 1 is 0.962 bits per heavy atom. The minimum atomic E-state index is -0.833. The summed E-state index contributed by atoms with van der Waals surface area (Å²) in [6, 6.07) is 15.2. The molecule has 26 heavy (non-hydrogen) atoms. The summed E-state index contributed by atoms with van der Waals surface area (Å²) < 4.78 is 13.3. The van der Waals surface area contributed by atoms with E-state index in [1.54, 1.807) is 12.1 Å². The lowest BCUT2D eigenvalue weighted by Crippen LogP contribution is -2.37. The van der Waals surface area contributed by atoms with Gasteiger partial charge >= 0.3 is 5.97 Å². The van der Waals surface area contributed by atoms with Gasteiger partial charge in [-0.25, -0.2) is 4.39 Å². The molecule has 0 spiro atoms. The van der Waals surface area contributed by atoms with Gasteiger partial charge in [0.25, 0.3) is 0 Å². The Morgan fingerprint density at radius 3 is 2.23 bits per heavy atom. The Kier molecular flexibility index (Phi) is 5.66. The number of benzene rings is 2. The second kappa shape index (κ2) is 8.13. The molecule has 1 aliphatic carbocycles. The lowest BCUT2D eigenvalue weighted by molar-refractivity contribution is -0.144. The molecule has 0 aromatic heterocycles. The highest BCUT2D eigenvalue weighted by atomic mass is 19.1. The monoisotopic (exact) mass is 355 g/mol. The van der Waals surface area contributed by atoms with E-state index in [1.807, 2.05) is 30.3 Å². The minimum absolute atomic E-state index is 0.144. The first-order valence-corrected chi connectivity index (χ1v) is 8.88. The Bertz CT molecular complexity index is 761. The van der Waals surface area contributed by atoms with Gasteiger partial charge in [-0.3, -0.25) is 9.59 Å². The van der Waals surface area contributed by atoms with Crippen molar-refractivity contribution in [1.82, 2.24) is 5.32 Å². The van der Waals surface area contributed by atoms with Crippen LogP contribution in [0, 0.1) is 17.7 Å². The first-order valence-electron chi connectivity index (χ1n) is 8.88. The fourth-order valence-electron chi connectivity index (χ4n) is 3.57. The molecule has 5 heteroatoms. The molecule has 0 heterocycles. The van der Waals surface area contributed by atoms with Gasteiger partial charge in [-0.1, -0.05) is 48.9 Å². The molecule has 1 aliphatic rings. The number of nitrogens with one attached hydrogen (secondary N) is 1. The summed E-state index contributed by atoms with van der Waals surface area (Å²) in [6.07, 6.45) is 2.42. The second-order valence-corrected chi connectivity index (χ2v) is 6.80. The normalized spacial score (nSPS) is 21.0. The van der Waals surface area contributed by atoms with Gasteiger partial charge in [0.1, 0.15) is 5.82 Å². The molecule has 3 rings (SSSR count). The number of carboxylic acid groups (broad SMARTS) is 1. The van der Waals surface area contributed by atoms with Crippen molar-refractivity contribution in [2.24, 2.45) is 11.8 Å². The van der Waals surface area contributed by atoms with E-state index in [0.717, 1.165) is 17.5 Å². The summed E-state index contributed by atoms with van der Waals surface area (Å²) in [5, 5.41) is 12.3. The van der Waals surface area contributed by atoms with E-state index in [-0.39, 0.29) is 17.6 Å². The van der Waals surface area contributed by atoms with Gasteiger partial charge < -0.3 is 10.4 Å². The fourth-order valence-corrected chi connectivity index (χ4v) is 3.57. The number of carbonyl (C=O) groups is 2. The van der Waals surface area contributed by atoms with E-state index in [4.69, 9.17) is 0 Å². The van der Waals surface area contributed by atoms with Crippen LogP contribution in [0.25, 0.3) is 0 Å². The zero-order valence-electron chi connectivity index (χ0n) is 14.4. The van der Waals surface area contributed by atoms with Crippen LogP contribution in [0.2, 0.25) is 0 Å². The smallest absolute Gasteiger partial charge is 0.306 e. The third-order valence-electron chi connectivity index (χ3n) is 5.02. The van der Waals surface area contributed by atoms with Gasteiger partial charge in [-0.2, -0.15) is 0 Å². The fraction of sp³-hybridized carbons (Fsp3) is 0.333. The molecule has 0 saturated heterocycles. The Balaban J connectivity index is 1.80. The number of hydrogen-bond acceptors (Lipinski definition) is 2. The standard InChI is InChI=1S/C21H22FNO3/c22-18-11-9-15(10-12-18)19(14-5-2-1-3-6-14)23-20(24)16-7-4-8-17(13-16)21(25)26/h1-3,5-6,9-12,16-17,19H,4,7-8,13H2,(H,23,24)(H,25,26). The van der Waals surface area contributed by atoms with Gasteiger partial charge in [0.2, 0.25) is 5.91 Å². The van der Waals surface area contributed by atoms with Crippen LogP contribution in [0.5, 0.6) is 0 Å². The van der Waals surface area contributed by atoms with E-state index in [2.05, 4.69) is 5.32 Å². The van der Waals surface area contributed by atoms with Gasteiger partial charge in [0.05, 0.1) is 12.0 Å².